The van der Waals surface area contributed by atoms with Gasteiger partial charge in [-0.05, 0) is 49.2 Å². The van der Waals surface area contributed by atoms with Gasteiger partial charge in [-0.3, -0.25) is 4.79 Å². The van der Waals surface area contributed by atoms with Crippen molar-refractivity contribution in [3.63, 3.8) is 0 Å². The number of hydrogen-bond acceptors (Lipinski definition) is 2. The Kier molecular flexibility index (Phi) is 4.62. The molecule has 0 spiro atoms. The van der Waals surface area contributed by atoms with Gasteiger partial charge in [-0.15, -0.1) is 0 Å². The maximum atomic E-state index is 12.7. The first-order valence-corrected chi connectivity index (χ1v) is 7.94. The molecule has 0 saturated heterocycles. The molecule has 0 aromatic heterocycles. The lowest BCUT2D eigenvalue weighted by Gasteiger charge is -2.14. The van der Waals surface area contributed by atoms with E-state index in [2.05, 4.69) is 10.6 Å². The number of hydrogen-bond donors (Lipinski definition) is 2. The first-order valence-electron chi connectivity index (χ1n) is 7.94. The molecule has 3 aromatic rings. The molecule has 0 aliphatic rings. The summed E-state index contributed by atoms with van der Waals surface area (Å²) in [6.07, 6.45) is 0. The molecule has 0 aliphatic heterocycles. The van der Waals surface area contributed by atoms with E-state index in [1.165, 1.54) is 0 Å². The molecule has 0 aliphatic carbocycles. The van der Waals surface area contributed by atoms with Gasteiger partial charge < -0.3 is 10.6 Å². The third kappa shape index (κ3) is 3.46. The second-order valence-electron chi connectivity index (χ2n) is 5.75. The first-order chi connectivity index (χ1) is 11.6. The topological polar surface area (TPSA) is 41.1 Å². The van der Waals surface area contributed by atoms with Crippen LogP contribution in [0.5, 0.6) is 0 Å². The molecule has 3 nitrogen and oxygen atoms in total. The number of carbonyl (C=O) groups is 1. The second-order valence-corrected chi connectivity index (χ2v) is 5.75. The average molecular weight is 316 g/mol. The zero-order chi connectivity index (χ0) is 16.9. The summed E-state index contributed by atoms with van der Waals surface area (Å²) in [5.41, 5.74) is 5.39. The number of para-hydroxylation sites is 3. The highest BCUT2D eigenvalue weighted by Crippen LogP contribution is 2.24. The van der Waals surface area contributed by atoms with E-state index < -0.39 is 0 Å². The van der Waals surface area contributed by atoms with Gasteiger partial charge in [-0.1, -0.05) is 48.5 Å². The van der Waals surface area contributed by atoms with Gasteiger partial charge in [0.2, 0.25) is 0 Å². The Bertz CT molecular complexity index is 871. The summed E-state index contributed by atoms with van der Waals surface area (Å²) in [4.78, 5) is 12.7. The Morgan fingerprint density at radius 2 is 1.17 bits per heavy atom. The minimum atomic E-state index is -0.124. The van der Waals surface area contributed by atoms with E-state index in [0.717, 1.165) is 28.2 Å². The van der Waals surface area contributed by atoms with Gasteiger partial charge >= 0.3 is 0 Å². The van der Waals surface area contributed by atoms with E-state index in [1.54, 1.807) is 0 Å². The fraction of sp³-hybridized carbons (Fsp3) is 0.0952. The molecule has 0 unspecified atom stereocenters. The van der Waals surface area contributed by atoms with Crippen LogP contribution in [-0.2, 0) is 0 Å². The zero-order valence-corrected chi connectivity index (χ0v) is 13.8. The summed E-state index contributed by atoms with van der Waals surface area (Å²) in [7, 11) is 0. The van der Waals surface area contributed by atoms with Crippen molar-refractivity contribution in [1.29, 1.82) is 0 Å². The zero-order valence-electron chi connectivity index (χ0n) is 13.8. The number of carbonyl (C=O) groups excluding carboxylic acids is 1. The molecule has 3 aromatic carbocycles. The molecule has 2 N–H and O–H groups in total. The van der Waals surface area contributed by atoms with E-state index in [0.29, 0.717) is 5.56 Å². The van der Waals surface area contributed by atoms with Gasteiger partial charge in [0.05, 0.1) is 11.3 Å². The normalized spacial score (nSPS) is 10.2. The van der Waals surface area contributed by atoms with Gasteiger partial charge in [0, 0.05) is 11.4 Å². The van der Waals surface area contributed by atoms with Crippen molar-refractivity contribution in [3.05, 3.63) is 89.5 Å². The maximum Gasteiger partial charge on any atom is 0.257 e. The van der Waals surface area contributed by atoms with Crippen LogP contribution in [0.1, 0.15) is 21.5 Å². The van der Waals surface area contributed by atoms with Crippen molar-refractivity contribution in [2.75, 3.05) is 10.6 Å². The summed E-state index contributed by atoms with van der Waals surface area (Å²) in [5, 5.41) is 6.35. The smallest absolute Gasteiger partial charge is 0.257 e. The average Bonchev–Trinajstić information content (AvgIpc) is 2.59. The van der Waals surface area contributed by atoms with E-state index >= 15 is 0 Å². The highest BCUT2D eigenvalue weighted by molar-refractivity contribution is 6.08. The third-order valence-electron chi connectivity index (χ3n) is 3.98. The van der Waals surface area contributed by atoms with Gasteiger partial charge in [-0.25, -0.2) is 0 Å². The lowest BCUT2D eigenvalue weighted by molar-refractivity contribution is 0.102. The maximum absolute atomic E-state index is 12.7. The summed E-state index contributed by atoms with van der Waals surface area (Å²) in [6, 6.07) is 23.3. The lowest BCUT2D eigenvalue weighted by atomic mass is 10.1. The van der Waals surface area contributed by atoms with Gasteiger partial charge in [0.15, 0.2) is 0 Å². The molecule has 0 bridgehead atoms. The van der Waals surface area contributed by atoms with E-state index in [4.69, 9.17) is 0 Å². The predicted molar refractivity (Wildman–Crippen MR) is 100 cm³/mol. The second kappa shape index (κ2) is 7.01. The van der Waals surface area contributed by atoms with Crippen LogP contribution in [0.15, 0.2) is 72.8 Å². The number of aryl methyl sites for hydroxylation is 2. The number of benzene rings is 3. The van der Waals surface area contributed by atoms with Crippen LogP contribution in [0.3, 0.4) is 0 Å². The van der Waals surface area contributed by atoms with Gasteiger partial charge in [0.25, 0.3) is 5.91 Å². The molecular formula is C21H20N2O. The Balaban J connectivity index is 1.88. The molecule has 0 atom stereocenters. The summed E-state index contributed by atoms with van der Waals surface area (Å²) in [6.45, 7) is 4.02. The molecule has 0 saturated carbocycles. The van der Waals surface area contributed by atoms with Crippen LogP contribution in [0.4, 0.5) is 17.1 Å². The summed E-state index contributed by atoms with van der Waals surface area (Å²) >= 11 is 0. The first kappa shape index (κ1) is 15.8. The number of amides is 1. The fourth-order valence-corrected chi connectivity index (χ4v) is 2.55. The van der Waals surface area contributed by atoms with Crippen molar-refractivity contribution in [3.8, 4) is 0 Å². The molecule has 3 heteroatoms. The molecule has 1 amide bonds. The van der Waals surface area contributed by atoms with Crippen molar-refractivity contribution in [2.45, 2.75) is 13.8 Å². The lowest BCUT2D eigenvalue weighted by Crippen LogP contribution is -2.14. The molecule has 24 heavy (non-hydrogen) atoms. The monoisotopic (exact) mass is 316 g/mol. The van der Waals surface area contributed by atoms with Gasteiger partial charge in [0.1, 0.15) is 0 Å². The largest absolute Gasteiger partial charge is 0.355 e. The Morgan fingerprint density at radius 3 is 1.79 bits per heavy atom. The van der Waals surface area contributed by atoms with Crippen LogP contribution >= 0.6 is 0 Å². The highest BCUT2D eigenvalue weighted by atomic mass is 16.1. The van der Waals surface area contributed by atoms with Crippen LogP contribution in [0.2, 0.25) is 0 Å². The van der Waals surface area contributed by atoms with Gasteiger partial charge in [-0.2, -0.15) is 0 Å². The fourth-order valence-electron chi connectivity index (χ4n) is 2.55. The summed E-state index contributed by atoms with van der Waals surface area (Å²) < 4.78 is 0. The minimum absolute atomic E-state index is 0.124. The van der Waals surface area contributed by atoms with Crippen molar-refractivity contribution in [2.24, 2.45) is 0 Å². The molecule has 120 valence electrons. The standard InChI is InChI=1S/C21H20N2O/c1-15-9-3-6-12-18(15)22-20-14-8-5-11-17(20)21(24)23-19-13-7-4-10-16(19)2/h3-14,22H,1-2H3,(H,23,24). The van der Waals surface area contributed by atoms with Crippen molar-refractivity contribution in [1.82, 2.24) is 0 Å². The van der Waals surface area contributed by atoms with Crippen molar-refractivity contribution >= 4 is 23.0 Å². The molecule has 0 heterocycles. The minimum Gasteiger partial charge on any atom is -0.355 e. The Labute approximate surface area is 142 Å². The quantitative estimate of drug-likeness (QED) is 0.686. The summed E-state index contributed by atoms with van der Waals surface area (Å²) in [5.74, 6) is -0.124. The van der Waals surface area contributed by atoms with Crippen LogP contribution in [-0.4, -0.2) is 5.91 Å². The molecular weight excluding hydrogens is 296 g/mol. The predicted octanol–water partition coefficient (Wildman–Crippen LogP) is 5.30. The number of rotatable bonds is 4. The SMILES string of the molecule is Cc1ccccc1NC(=O)c1ccccc1Nc1ccccc1C. The van der Waals surface area contributed by atoms with Crippen LogP contribution in [0, 0.1) is 13.8 Å². The number of anilines is 3. The molecule has 0 radical (unpaired) electrons. The van der Waals surface area contributed by atoms with Crippen molar-refractivity contribution < 1.29 is 4.79 Å². The molecule has 0 fully saturated rings. The number of nitrogens with one attached hydrogen (secondary N) is 2. The highest BCUT2D eigenvalue weighted by Gasteiger charge is 2.12. The van der Waals surface area contributed by atoms with E-state index in [-0.39, 0.29) is 5.91 Å². The van der Waals surface area contributed by atoms with Crippen LogP contribution in [0.25, 0.3) is 0 Å². The van der Waals surface area contributed by atoms with E-state index in [1.807, 2.05) is 86.6 Å². The van der Waals surface area contributed by atoms with Crippen LogP contribution < -0.4 is 10.6 Å². The Morgan fingerprint density at radius 1 is 0.667 bits per heavy atom. The van der Waals surface area contributed by atoms with E-state index in [9.17, 15) is 4.79 Å². The third-order valence-corrected chi connectivity index (χ3v) is 3.98. The molecule has 3 rings (SSSR count). The Hall–Kier alpha value is -3.07.